The number of urea groups is 2. The summed E-state index contributed by atoms with van der Waals surface area (Å²) in [6.45, 7) is 9.78. The smallest absolute Gasteiger partial charge is 0.319 e. The van der Waals surface area contributed by atoms with Crippen molar-refractivity contribution in [1.82, 2.24) is 40.4 Å². The number of carbonyl (C=O) groups excluding carboxylic acids is 2. The highest BCUT2D eigenvalue weighted by molar-refractivity contribution is 6.35. The summed E-state index contributed by atoms with van der Waals surface area (Å²) < 4.78 is 33.9. The Morgan fingerprint density at radius 2 is 0.843 bits per heavy atom. The Balaban J connectivity index is 0.0000102. The third kappa shape index (κ3) is 21.3. The van der Waals surface area contributed by atoms with Crippen LogP contribution in [0.5, 0.6) is 0 Å². The van der Waals surface area contributed by atoms with Crippen LogP contribution in [0, 0.1) is 0 Å². The molecule has 20 nitrogen and oxygen atoms in total. The summed E-state index contributed by atoms with van der Waals surface area (Å²) in [4.78, 5) is 47.3. The molecule has 25 heteroatoms. The Morgan fingerprint density at radius 3 is 1.24 bits per heavy atom. The second kappa shape index (κ2) is 35.8. The minimum atomic E-state index is -0.382. The van der Waals surface area contributed by atoms with Crippen molar-refractivity contribution in [3.05, 3.63) is 175 Å². The van der Waals surface area contributed by atoms with Crippen LogP contribution in [0.3, 0.4) is 0 Å². The van der Waals surface area contributed by atoms with E-state index in [1.54, 1.807) is 36.9 Å². The molecule has 2 atom stereocenters. The van der Waals surface area contributed by atoms with Gasteiger partial charge in [0.2, 0.25) is 0 Å². The van der Waals surface area contributed by atoms with Crippen molar-refractivity contribution in [3.8, 4) is 22.5 Å². The predicted molar refractivity (Wildman–Crippen MR) is 354 cm³/mol. The summed E-state index contributed by atoms with van der Waals surface area (Å²) in [7, 11) is 4.21. The van der Waals surface area contributed by atoms with E-state index >= 15 is 0 Å². The quantitative estimate of drug-likeness (QED) is 0.0216. The van der Waals surface area contributed by atoms with E-state index in [-0.39, 0.29) is 36.3 Å². The van der Waals surface area contributed by atoms with Crippen molar-refractivity contribution in [3.63, 3.8) is 0 Å². The van der Waals surface area contributed by atoms with Gasteiger partial charge in [0.25, 0.3) is 0 Å². The van der Waals surface area contributed by atoms with Crippen molar-refractivity contribution in [1.29, 1.82) is 0 Å². The fraction of sp³-hybridized carbons (Fsp3) is 0.375. The number of aromatic nitrogens is 4. The maximum Gasteiger partial charge on any atom is 0.319 e. The molecule has 0 unspecified atom stereocenters. The number of fused-ring (bicyclic) bond motifs is 2. The molecular weight excluding hydrogens is 1240 g/mol. The molecule has 0 aliphatic carbocycles. The first-order valence-corrected chi connectivity index (χ1v) is 30.7. The van der Waals surface area contributed by atoms with Gasteiger partial charge in [0.1, 0.15) is 24.3 Å². The zero-order chi connectivity index (χ0) is 61.5. The second-order valence-electron chi connectivity index (χ2n) is 21.1. The Labute approximate surface area is 545 Å². The lowest BCUT2D eigenvalue weighted by Gasteiger charge is -2.33. The number of hydrogen-bond donors (Lipinski definition) is 6. The molecule has 7 aromatic rings. The van der Waals surface area contributed by atoms with Crippen molar-refractivity contribution in [2.24, 2.45) is 0 Å². The van der Waals surface area contributed by atoms with Gasteiger partial charge in [0.05, 0.1) is 90.7 Å². The number of nitrogens with zero attached hydrogens (tertiary/aromatic N) is 6. The zero-order valence-corrected chi connectivity index (χ0v) is 53.6. The first-order chi connectivity index (χ1) is 42.9. The zero-order valence-electron chi connectivity index (χ0n) is 49.7. The normalized spacial score (nSPS) is 14.7. The Morgan fingerprint density at radius 1 is 0.472 bits per heavy atom. The van der Waals surface area contributed by atoms with Crippen molar-refractivity contribution < 1.29 is 38.0 Å². The Bertz CT molecular complexity index is 3180. The van der Waals surface area contributed by atoms with Crippen LogP contribution in [0.1, 0.15) is 45.2 Å². The fourth-order valence-electron chi connectivity index (χ4n) is 10.4. The van der Waals surface area contributed by atoms with Gasteiger partial charge in [-0.15, -0.1) is 12.4 Å². The monoisotopic (exact) mass is 1310 g/mol. The minimum absolute atomic E-state index is 0. The number of carbonyl (C=O) groups is 2. The van der Waals surface area contributed by atoms with Crippen LogP contribution in [0.15, 0.2) is 122 Å². The Kier molecular flexibility index (Phi) is 27.5. The lowest BCUT2D eigenvalue weighted by atomic mass is 9.84. The lowest BCUT2D eigenvalue weighted by molar-refractivity contribution is 0.0173. The third-order valence-electron chi connectivity index (χ3n) is 14.5. The number of likely N-dealkylation sites (N-methyl/N-ethyl adjacent to an activating group) is 2. The summed E-state index contributed by atoms with van der Waals surface area (Å²) in [5.41, 5.74) is 11.6. The van der Waals surface area contributed by atoms with Gasteiger partial charge in [-0.1, -0.05) is 82.8 Å². The molecule has 6 N–H and O–H groups in total. The molecule has 89 heavy (non-hydrogen) atoms. The fourth-order valence-corrected chi connectivity index (χ4v) is 11.5. The molecule has 5 aromatic carbocycles. The summed E-state index contributed by atoms with van der Waals surface area (Å²) in [5.74, 6) is 1.65. The van der Waals surface area contributed by atoms with E-state index in [1.807, 2.05) is 36.4 Å². The average molecular weight is 1320 g/mol. The van der Waals surface area contributed by atoms with E-state index in [1.165, 1.54) is 11.1 Å². The summed E-state index contributed by atoms with van der Waals surface area (Å²) in [6, 6.07) is 34.4. The molecule has 0 fully saturated rings. The number of halogens is 5. The lowest BCUT2D eigenvalue weighted by Crippen LogP contribution is -2.32. The predicted octanol–water partition coefficient (Wildman–Crippen LogP) is 11.4. The summed E-state index contributed by atoms with van der Waals surface area (Å²) in [5, 5.41) is 20.3. The molecular formula is C64H75Cl5N12O8. The van der Waals surface area contributed by atoms with Gasteiger partial charge in [-0.2, -0.15) is 0 Å². The van der Waals surface area contributed by atoms with Crippen molar-refractivity contribution in [2.45, 2.75) is 24.9 Å². The first kappa shape index (κ1) is 68.4. The molecule has 2 aliphatic rings. The molecule has 474 valence electrons. The molecule has 0 radical (unpaired) electrons. The molecule has 2 aliphatic heterocycles. The Hall–Kier alpha value is -6.47. The molecule has 2 aromatic heterocycles. The van der Waals surface area contributed by atoms with Crippen LogP contribution in [0.25, 0.3) is 22.5 Å². The molecule has 4 heterocycles. The molecule has 0 saturated heterocycles. The second-order valence-corrected chi connectivity index (χ2v) is 22.8. The van der Waals surface area contributed by atoms with Crippen LogP contribution < -0.4 is 31.9 Å². The number of rotatable bonds is 32. The van der Waals surface area contributed by atoms with Crippen molar-refractivity contribution >= 4 is 93.9 Å². The number of ether oxygens (including phenoxy) is 6. The van der Waals surface area contributed by atoms with Crippen LogP contribution in [-0.2, 0) is 41.5 Å². The molecule has 0 saturated carbocycles. The van der Waals surface area contributed by atoms with E-state index in [0.29, 0.717) is 149 Å². The highest BCUT2D eigenvalue weighted by atomic mass is 35.5. The van der Waals surface area contributed by atoms with Gasteiger partial charge in [-0.05, 0) is 108 Å². The van der Waals surface area contributed by atoms with Gasteiger partial charge >= 0.3 is 12.1 Å². The standard InChI is InChI=1S/C64H74Cl4N12O8.ClH/c1-79-37-53(51-31-47(65)33-57(67)55(51)39-79)43-5-3-7-45(29-43)59-35-61(75-41-73-59)69-13-17-83-21-25-87-27-23-85-19-15-71-63(81)77-49-9-11-50(12-10-49)78-64(82)72-16-20-86-24-28-88-26-22-84-18-14-70-62-36-60(74-42-76-62)46-8-4-6-44(30-46)54-38-80(2)40-56-52(54)32-48(66)34-58(56)68;/h3-12,29-36,41-42,53-54H,13-28,37-40H2,1-2H3,(H,69,73,75)(H,70,74,76)(H2,71,77,81)(H2,72,78,82);1H/t53-,54-;/m0./s1. The van der Waals surface area contributed by atoms with Gasteiger partial charge in [-0.25, -0.2) is 29.5 Å². The number of hydrogen-bond acceptors (Lipinski definition) is 16. The van der Waals surface area contributed by atoms with E-state index in [4.69, 9.17) is 74.8 Å². The molecule has 9 rings (SSSR count). The molecule has 0 spiro atoms. The van der Waals surface area contributed by atoms with Crippen LogP contribution >= 0.6 is 58.8 Å². The van der Waals surface area contributed by atoms with E-state index < -0.39 is 0 Å². The number of amides is 4. The number of anilines is 4. The van der Waals surface area contributed by atoms with E-state index in [2.05, 4.69) is 124 Å². The molecule has 0 bridgehead atoms. The number of nitrogens with one attached hydrogen (secondary N) is 6. The van der Waals surface area contributed by atoms with Crippen LogP contribution in [-0.4, -0.2) is 174 Å². The van der Waals surface area contributed by atoms with E-state index in [9.17, 15) is 9.59 Å². The number of benzene rings is 5. The van der Waals surface area contributed by atoms with E-state index in [0.717, 1.165) is 70.9 Å². The molecule has 4 amide bonds. The van der Waals surface area contributed by atoms with Gasteiger partial charge < -0.3 is 70.1 Å². The highest BCUT2D eigenvalue weighted by Crippen LogP contribution is 2.41. The first-order valence-electron chi connectivity index (χ1n) is 29.2. The average Bonchev–Trinajstić information content (AvgIpc) is 2.09. The summed E-state index contributed by atoms with van der Waals surface area (Å²) >= 11 is 26.1. The van der Waals surface area contributed by atoms with Crippen LogP contribution in [0.2, 0.25) is 20.1 Å². The van der Waals surface area contributed by atoms with Gasteiger partial charge in [0.15, 0.2) is 0 Å². The van der Waals surface area contributed by atoms with Gasteiger partial charge in [0, 0.05) is 119 Å². The van der Waals surface area contributed by atoms with Crippen molar-refractivity contribution in [2.75, 3.05) is 154 Å². The third-order valence-corrected chi connectivity index (χ3v) is 15.7. The SMILES string of the molecule is CN1Cc2c(Cl)cc(Cl)cc2[C@H](c2cccc(-c3cc(NCCOCCOCCOCCNC(=O)Nc4ccc(NC(=O)NCCOCCOCCOCCNc5cc(-c6cccc([C@@H]7CN(C)Cc8c(Cl)cc(Cl)cc87)c6)ncn5)cc4)ncn3)c2)C1.Cl. The van der Waals surface area contributed by atoms with Gasteiger partial charge in [-0.3, -0.25) is 0 Å². The summed E-state index contributed by atoms with van der Waals surface area (Å²) in [6.07, 6.45) is 3.12. The minimum Gasteiger partial charge on any atom is -0.377 e. The maximum atomic E-state index is 12.4. The highest BCUT2D eigenvalue weighted by Gasteiger charge is 2.29. The maximum absolute atomic E-state index is 12.4. The topological polar surface area (TPSA) is 220 Å². The van der Waals surface area contributed by atoms with Crippen LogP contribution in [0.4, 0.5) is 32.6 Å². The largest absolute Gasteiger partial charge is 0.377 e.